The Morgan fingerprint density at radius 3 is 2.70 bits per heavy atom. The number of hydrogen-bond acceptors (Lipinski definition) is 5. The molecule has 1 aromatic carbocycles. The molecule has 0 amide bonds. The first kappa shape index (κ1) is 15.2. The zero-order chi connectivity index (χ0) is 16.1. The molecular formula is C18H19N3O2. The molecule has 1 atom stereocenters. The van der Waals surface area contributed by atoms with E-state index in [1.807, 2.05) is 36.4 Å². The van der Waals surface area contributed by atoms with Crippen molar-refractivity contribution in [3.05, 3.63) is 60.1 Å². The number of nitrogens with zero attached hydrogens (tertiary/aromatic N) is 3. The lowest BCUT2D eigenvalue weighted by Crippen LogP contribution is -2.05. The van der Waals surface area contributed by atoms with E-state index in [1.54, 1.807) is 13.3 Å². The van der Waals surface area contributed by atoms with Crippen LogP contribution in [-0.4, -0.2) is 22.2 Å². The highest BCUT2D eigenvalue weighted by Crippen LogP contribution is 2.23. The van der Waals surface area contributed by atoms with Gasteiger partial charge >= 0.3 is 0 Å². The summed E-state index contributed by atoms with van der Waals surface area (Å²) in [5.41, 5.74) is 1.91. The minimum Gasteiger partial charge on any atom is -0.496 e. The van der Waals surface area contributed by atoms with E-state index in [0.29, 0.717) is 17.6 Å². The van der Waals surface area contributed by atoms with Gasteiger partial charge in [0.15, 0.2) is 0 Å². The Morgan fingerprint density at radius 1 is 1.09 bits per heavy atom. The summed E-state index contributed by atoms with van der Waals surface area (Å²) in [6, 6.07) is 13.7. The minimum absolute atomic E-state index is 0.364. The van der Waals surface area contributed by atoms with E-state index in [-0.39, 0.29) is 0 Å². The highest BCUT2D eigenvalue weighted by Gasteiger charge is 2.14. The smallest absolute Gasteiger partial charge is 0.227 e. The van der Waals surface area contributed by atoms with Crippen molar-refractivity contribution in [2.75, 3.05) is 7.11 Å². The van der Waals surface area contributed by atoms with Gasteiger partial charge in [0, 0.05) is 12.6 Å². The van der Waals surface area contributed by atoms with Crippen molar-refractivity contribution in [2.45, 2.75) is 19.8 Å². The summed E-state index contributed by atoms with van der Waals surface area (Å²) in [6.07, 6.45) is 3.33. The maximum Gasteiger partial charge on any atom is 0.227 e. The highest BCUT2D eigenvalue weighted by atomic mass is 16.5. The summed E-state index contributed by atoms with van der Waals surface area (Å²) >= 11 is 0. The molecule has 0 saturated carbocycles. The summed E-state index contributed by atoms with van der Waals surface area (Å²) in [5.74, 6) is 2.44. The monoisotopic (exact) mass is 309 g/mol. The summed E-state index contributed by atoms with van der Waals surface area (Å²) < 4.78 is 10.8. The van der Waals surface area contributed by atoms with Crippen LogP contribution in [0.2, 0.25) is 0 Å². The molecule has 5 nitrogen and oxygen atoms in total. The van der Waals surface area contributed by atoms with Crippen molar-refractivity contribution in [1.82, 2.24) is 15.1 Å². The summed E-state index contributed by atoms with van der Waals surface area (Å²) in [4.78, 5) is 8.66. The van der Waals surface area contributed by atoms with Crippen molar-refractivity contribution in [3.63, 3.8) is 0 Å². The van der Waals surface area contributed by atoms with Crippen LogP contribution in [0.25, 0.3) is 11.5 Å². The van der Waals surface area contributed by atoms with Crippen LogP contribution in [0.1, 0.15) is 18.4 Å². The molecule has 0 fully saturated rings. The number of aromatic nitrogens is 3. The lowest BCUT2D eigenvalue weighted by Gasteiger charge is -2.12. The standard InChI is InChI=1S/C18H19N3O2/c1-13(11-14-7-3-4-9-16(14)22-2)12-17-20-18(21-23-17)15-8-5-6-10-19-15/h3-10,13H,11-12H2,1-2H3. The molecule has 3 rings (SSSR count). The van der Waals surface area contributed by atoms with E-state index in [4.69, 9.17) is 9.26 Å². The van der Waals surface area contributed by atoms with Crippen LogP contribution in [0.15, 0.2) is 53.2 Å². The second kappa shape index (κ2) is 7.05. The quantitative estimate of drug-likeness (QED) is 0.696. The van der Waals surface area contributed by atoms with Crippen LogP contribution in [0.5, 0.6) is 5.75 Å². The minimum atomic E-state index is 0.364. The van der Waals surface area contributed by atoms with Gasteiger partial charge in [-0.2, -0.15) is 4.98 Å². The Hall–Kier alpha value is -2.69. The van der Waals surface area contributed by atoms with E-state index < -0.39 is 0 Å². The number of methoxy groups -OCH3 is 1. The summed E-state index contributed by atoms with van der Waals surface area (Å²) in [5, 5.41) is 4.01. The van der Waals surface area contributed by atoms with Crippen LogP contribution in [0, 0.1) is 5.92 Å². The predicted molar refractivity (Wildman–Crippen MR) is 87.1 cm³/mol. The van der Waals surface area contributed by atoms with Gasteiger partial charge in [-0.15, -0.1) is 0 Å². The third-order valence-corrected chi connectivity index (χ3v) is 3.65. The molecule has 1 unspecified atom stereocenters. The van der Waals surface area contributed by atoms with Gasteiger partial charge in [0.1, 0.15) is 11.4 Å². The van der Waals surface area contributed by atoms with Gasteiger partial charge in [-0.25, -0.2) is 0 Å². The number of para-hydroxylation sites is 1. The van der Waals surface area contributed by atoms with Crippen molar-refractivity contribution in [2.24, 2.45) is 5.92 Å². The highest BCUT2D eigenvalue weighted by molar-refractivity contribution is 5.47. The van der Waals surface area contributed by atoms with E-state index in [1.165, 1.54) is 5.56 Å². The average Bonchev–Trinajstić information content (AvgIpc) is 3.04. The molecule has 0 aliphatic rings. The number of pyridine rings is 1. The third-order valence-electron chi connectivity index (χ3n) is 3.65. The van der Waals surface area contributed by atoms with Crippen molar-refractivity contribution >= 4 is 0 Å². The summed E-state index contributed by atoms with van der Waals surface area (Å²) in [7, 11) is 1.70. The fourth-order valence-electron chi connectivity index (χ4n) is 2.55. The number of benzene rings is 1. The third kappa shape index (κ3) is 3.74. The van der Waals surface area contributed by atoms with E-state index >= 15 is 0 Å². The maximum absolute atomic E-state index is 5.40. The van der Waals surface area contributed by atoms with Gasteiger partial charge in [0.25, 0.3) is 0 Å². The van der Waals surface area contributed by atoms with Crippen molar-refractivity contribution in [1.29, 1.82) is 0 Å². The van der Waals surface area contributed by atoms with Gasteiger partial charge in [-0.3, -0.25) is 4.98 Å². The molecule has 0 aliphatic carbocycles. The zero-order valence-electron chi connectivity index (χ0n) is 13.3. The topological polar surface area (TPSA) is 61.0 Å². The first-order chi connectivity index (χ1) is 11.3. The second-order valence-corrected chi connectivity index (χ2v) is 5.55. The SMILES string of the molecule is COc1ccccc1CC(C)Cc1nc(-c2ccccn2)no1. The molecule has 0 aliphatic heterocycles. The molecule has 118 valence electrons. The maximum atomic E-state index is 5.40. The fourth-order valence-corrected chi connectivity index (χ4v) is 2.55. The van der Waals surface area contributed by atoms with Gasteiger partial charge in [-0.05, 0) is 36.1 Å². The van der Waals surface area contributed by atoms with Gasteiger partial charge in [0.2, 0.25) is 11.7 Å². The van der Waals surface area contributed by atoms with Crippen molar-refractivity contribution in [3.8, 4) is 17.3 Å². The lowest BCUT2D eigenvalue weighted by atomic mass is 9.97. The first-order valence-electron chi connectivity index (χ1n) is 7.62. The van der Waals surface area contributed by atoms with E-state index in [2.05, 4.69) is 28.1 Å². The Bertz CT molecular complexity index is 756. The fraction of sp³-hybridized carbons (Fsp3) is 0.278. The number of hydrogen-bond donors (Lipinski definition) is 0. The van der Waals surface area contributed by atoms with E-state index in [9.17, 15) is 0 Å². The Kier molecular flexibility index (Phi) is 4.66. The molecule has 0 N–H and O–H groups in total. The molecule has 0 saturated heterocycles. The number of rotatable bonds is 6. The van der Waals surface area contributed by atoms with Crippen LogP contribution in [0.4, 0.5) is 0 Å². The predicted octanol–water partition coefficient (Wildman–Crippen LogP) is 3.56. The molecule has 3 aromatic rings. The van der Waals surface area contributed by atoms with Crippen LogP contribution < -0.4 is 4.74 Å². The molecule has 5 heteroatoms. The molecule has 0 bridgehead atoms. The Morgan fingerprint density at radius 2 is 1.91 bits per heavy atom. The first-order valence-corrected chi connectivity index (χ1v) is 7.62. The molecule has 2 heterocycles. The number of ether oxygens (including phenoxy) is 1. The van der Waals surface area contributed by atoms with Crippen LogP contribution in [-0.2, 0) is 12.8 Å². The Balaban J connectivity index is 1.67. The van der Waals surface area contributed by atoms with Crippen LogP contribution in [0.3, 0.4) is 0 Å². The van der Waals surface area contributed by atoms with E-state index in [0.717, 1.165) is 24.3 Å². The van der Waals surface area contributed by atoms with Gasteiger partial charge < -0.3 is 9.26 Å². The van der Waals surface area contributed by atoms with Gasteiger partial charge in [-0.1, -0.05) is 36.3 Å². The Labute approximate surface area is 135 Å². The molecule has 2 aromatic heterocycles. The van der Waals surface area contributed by atoms with Crippen molar-refractivity contribution < 1.29 is 9.26 Å². The second-order valence-electron chi connectivity index (χ2n) is 5.55. The molecule has 0 spiro atoms. The van der Waals surface area contributed by atoms with Crippen LogP contribution >= 0.6 is 0 Å². The lowest BCUT2D eigenvalue weighted by molar-refractivity contribution is 0.355. The normalized spacial score (nSPS) is 12.1. The average molecular weight is 309 g/mol. The zero-order valence-corrected chi connectivity index (χ0v) is 13.3. The van der Waals surface area contributed by atoms with Gasteiger partial charge in [0.05, 0.1) is 7.11 Å². The molecule has 23 heavy (non-hydrogen) atoms. The molecule has 0 radical (unpaired) electrons. The largest absolute Gasteiger partial charge is 0.496 e. The summed E-state index contributed by atoms with van der Waals surface area (Å²) in [6.45, 7) is 2.16. The molecular weight excluding hydrogens is 290 g/mol.